The predicted molar refractivity (Wildman–Crippen MR) is 77.1 cm³/mol. The lowest BCUT2D eigenvalue weighted by molar-refractivity contribution is 1.17. The molecule has 0 radical (unpaired) electrons. The van der Waals surface area contributed by atoms with Gasteiger partial charge in [0.1, 0.15) is 16.5 Å². The molecule has 1 aromatic heterocycles. The van der Waals surface area contributed by atoms with E-state index < -0.39 is 0 Å². The number of aromatic nitrogens is 2. The molecule has 2 aromatic rings. The Morgan fingerprint density at radius 1 is 1.22 bits per heavy atom. The zero-order valence-electron chi connectivity index (χ0n) is 10.3. The molecule has 0 saturated carbocycles. The van der Waals surface area contributed by atoms with Crippen LogP contribution in [-0.2, 0) is 0 Å². The maximum Gasteiger partial charge on any atom is 0.148 e. The van der Waals surface area contributed by atoms with E-state index in [-0.39, 0.29) is 4.99 Å². The summed E-state index contributed by atoms with van der Waals surface area (Å²) >= 11 is 4.83. The van der Waals surface area contributed by atoms with Crippen LogP contribution in [0.2, 0.25) is 0 Å². The van der Waals surface area contributed by atoms with Crippen molar-refractivity contribution in [2.24, 2.45) is 5.73 Å². The molecule has 0 fully saturated rings. The highest BCUT2D eigenvalue weighted by atomic mass is 32.1. The van der Waals surface area contributed by atoms with Crippen molar-refractivity contribution >= 4 is 28.7 Å². The number of hydrogen-bond acceptors (Lipinski definition) is 4. The number of rotatable bonds is 3. The quantitative estimate of drug-likeness (QED) is 0.828. The molecule has 3 N–H and O–H groups in total. The number of hydrogen-bond donors (Lipinski definition) is 2. The molecule has 1 aromatic carbocycles. The standard InChI is InChI=1S/C13H14N4S/c1-8-3-4-10(9(2)5-8)17-12-7-15-11(6-16-12)13(14)18/h3-7H,1-2H3,(H2,14,18)(H,16,17). The van der Waals surface area contributed by atoms with E-state index in [0.717, 1.165) is 11.3 Å². The first kappa shape index (κ1) is 12.4. The Balaban J connectivity index is 2.21. The lowest BCUT2D eigenvalue weighted by Gasteiger charge is -2.09. The van der Waals surface area contributed by atoms with E-state index in [1.54, 1.807) is 12.4 Å². The zero-order chi connectivity index (χ0) is 13.1. The first-order valence-electron chi connectivity index (χ1n) is 5.52. The lowest BCUT2D eigenvalue weighted by Crippen LogP contribution is -2.12. The molecule has 0 atom stereocenters. The monoisotopic (exact) mass is 258 g/mol. The largest absolute Gasteiger partial charge is 0.388 e. The summed E-state index contributed by atoms with van der Waals surface area (Å²) in [7, 11) is 0. The first-order valence-corrected chi connectivity index (χ1v) is 5.93. The van der Waals surface area contributed by atoms with Crippen molar-refractivity contribution in [2.75, 3.05) is 5.32 Å². The fourth-order valence-corrected chi connectivity index (χ4v) is 1.72. The van der Waals surface area contributed by atoms with Crippen LogP contribution in [0, 0.1) is 13.8 Å². The third-order valence-electron chi connectivity index (χ3n) is 2.55. The van der Waals surface area contributed by atoms with Crippen molar-refractivity contribution in [3.8, 4) is 0 Å². The van der Waals surface area contributed by atoms with E-state index in [1.165, 1.54) is 5.56 Å². The average Bonchev–Trinajstić information content (AvgIpc) is 2.33. The number of anilines is 2. The van der Waals surface area contributed by atoms with Gasteiger partial charge in [0.15, 0.2) is 0 Å². The van der Waals surface area contributed by atoms with Gasteiger partial charge in [-0.05, 0) is 25.5 Å². The number of nitrogens with one attached hydrogen (secondary N) is 1. The summed E-state index contributed by atoms with van der Waals surface area (Å²) < 4.78 is 0. The zero-order valence-corrected chi connectivity index (χ0v) is 11.1. The Morgan fingerprint density at radius 3 is 2.56 bits per heavy atom. The Kier molecular flexibility index (Phi) is 3.53. The summed E-state index contributed by atoms with van der Waals surface area (Å²) in [5.41, 5.74) is 9.39. The maximum absolute atomic E-state index is 5.47. The van der Waals surface area contributed by atoms with Crippen LogP contribution in [0.25, 0.3) is 0 Å². The molecular formula is C13H14N4S. The highest BCUT2D eigenvalue weighted by Gasteiger charge is 2.02. The normalized spacial score (nSPS) is 10.1. The molecule has 92 valence electrons. The minimum Gasteiger partial charge on any atom is -0.388 e. The van der Waals surface area contributed by atoms with Gasteiger partial charge in [-0.1, -0.05) is 29.9 Å². The smallest absolute Gasteiger partial charge is 0.148 e. The first-order chi connectivity index (χ1) is 8.56. The second kappa shape index (κ2) is 5.10. The van der Waals surface area contributed by atoms with Crippen molar-refractivity contribution in [3.05, 3.63) is 47.4 Å². The van der Waals surface area contributed by atoms with Gasteiger partial charge in [0, 0.05) is 5.69 Å². The van der Waals surface area contributed by atoms with E-state index in [4.69, 9.17) is 18.0 Å². The molecule has 1 heterocycles. The third kappa shape index (κ3) is 2.81. The van der Waals surface area contributed by atoms with Crippen LogP contribution < -0.4 is 11.1 Å². The van der Waals surface area contributed by atoms with Crippen LogP contribution in [-0.4, -0.2) is 15.0 Å². The molecule has 0 bridgehead atoms. The summed E-state index contributed by atoms with van der Waals surface area (Å²) in [5.74, 6) is 0.668. The summed E-state index contributed by atoms with van der Waals surface area (Å²) in [6.07, 6.45) is 3.18. The van der Waals surface area contributed by atoms with E-state index in [2.05, 4.69) is 28.3 Å². The Morgan fingerprint density at radius 2 is 2.00 bits per heavy atom. The van der Waals surface area contributed by atoms with Crippen LogP contribution in [0.5, 0.6) is 0 Å². The molecule has 2 rings (SSSR count). The van der Waals surface area contributed by atoms with E-state index in [9.17, 15) is 0 Å². The number of benzene rings is 1. The number of aryl methyl sites for hydroxylation is 2. The molecule has 0 aliphatic carbocycles. The highest BCUT2D eigenvalue weighted by molar-refractivity contribution is 7.80. The van der Waals surface area contributed by atoms with Crippen molar-refractivity contribution in [3.63, 3.8) is 0 Å². The topological polar surface area (TPSA) is 63.8 Å². The van der Waals surface area contributed by atoms with E-state index in [0.29, 0.717) is 11.5 Å². The van der Waals surface area contributed by atoms with Crippen molar-refractivity contribution in [1.82, 2.24) is 9.97 Å². The second-order valence-electron chi connectivity index (χ2n) is 4.09. The van der Waals surface area contributed by atoms with Gasteiger partial charge in [-0.15, -0.1) is 0 Å². The summed E-state index contributed by atoms with van der Waals surface area (Å²) in [6, 6.07) is 6.18. The molecule has 0 spiro atoms. The minimum absolute atomic E-state index is 0.251. The molecule has 0 saturated heterocycles. The fourth-order valence-electron chi connectivity index (χ4n) is 1.61. The van der Waals surface area contributed by atoms with Crippen molar-refractivity contribution < 1.29 is 0 Å². The van der Waals surface area contributed by atoms with Gasteiger partial charge in [0.25, 0.3) is 0 Å². The third-order valence-corrected chi connectivity index (χ3v) is 2.76. The molecule has 0 aliphatic rings. The molecule has 0 amide bonds. The van der Waals surface area contributed by atoms with Gasteiger partial charge >= 0.3 is 0 Å². The fraction of sp³-hybridized carbons (Fsp3) is 0.154. The minimum atomic E-state index is 0.251. The van der Waals surface area contributed by atoms with Gasteiger partial charge in [-0.3, -0.25) is 0 Å². The average molecular weight is 258 g/mol. The highest BCUT2D eigenvalue weighted by Crippen LogP contribution is 2.19. The van der Waals surface area contributed by atoms with E-state index in [1.807, 2.05) is 19.1 Å². The van der Waals surface area contributed by atoms with Gasteiger partial charge < -0.3 is 11.1 Å². The van der Waals surface area contributed by atoms with E-state index >= 15 is 0 Å². The lowest BCUT2D eigenvalue weighted by atomic mass is 10.1. The predicted octanol–water partition coefficient (Wildman–Crippen LogP) is 2.47. The Bertz CT molecular complexity index is 578. The SMILES string of the molecule is Cc1ccc(Nc2cnc(C(N)=S)cn2)c(C)c1. The summed E-state index contributed by atoms with van der Waals surface area (Å²) in [4.78, 5) is 8.60. The molecule has 0 unspecified atom stereocenters. The van der Waals surface area contributed by atoms with Crippen LogP contribution in [0.4, 0.5) is 11.5 Å². The maximum atomic E-state index is 5.47. The molecule has 0 aliphatic heterocycles. The van der Waals surface area contributed by atoms with Crippen LogP contribution >= 0.6 is 12.2 Å². The van der Waals surface area contributed by atoms with Crippen LogP contribution in [0.15, 0.2) is 30.6 Å². The van der Waals surface area contributed by atoms with Gasteiger partial charge in [0.05, 0.1) is 12.4 Å². The number of nitrogens with zero attached hydrogens (tertiary/aromatic N) is 2. The Labute approximate surface area is 111 Å². The summed E-state index contributed by atoms with van der Waals surface area (Å²) in [5, 5.41) is 3.21. The van der Waals surface area contributed by atoms with Crippen LogP contribution in [0.3, 0.4) is 0 Å². The molecule has 4 nitrogen and oxygen atoms in total. The summed E-state index contributed by atoms with van der Waals surface area (Å²) in [6.45, 7) is 4.11. The molecular weight excluding hydrogens is 244 g/mol. The second-order valence-corrected chi connectivity index (χ2v) is 4.53. The van der Waals surface area contributed by atoms with Crippen molar-refractivity contribution in [1.29, 1.82) is 0 Å². The van der Waals surface area contributed by atoms with Gasteiger partial charge in [-0.25, -0.2) is 9.97 Å². The van der Waals surface area contributed by atoms with Crippen molar-refractivity contribution in [2.45, 2.75) is 13.8 Å². The number of nitrogens with two attached hydrogens (primary N) is 1. The molecule has 18 heavy (non-hydrogen) atoms. The van der Waals surface area contributed by atoms with Gasteiger partial charge in [0.2, 0.25) is 0 Å². The van der Waals surface area contributed by atoms with Crippen LogP contribution in [0.1, 0.15) is 16.8 Å². The molecule has 5 heteroatoms. The van der Waals surface area contributed by atoms with Gasteiger partial charge in [-0.2, -0.15) is 0 Å². The number of thiocarbonyl (C=S) groups is 1. The Hall–Kier alpha value is -2.01.